The van der Waals surface area contributed by atoms with E-state index in [4.69, 9.17) is 0 Å². The van der Waals surface area contributed by atoms with Crippen LogP contribution in [0.3, 0.4) is 0 Å². The minimum atomic E-state index is 1.13. The van der Waals surface area contributed by atoms with Crippen LogP contribution in [0.4, 0.5) is 68.2 Å². The van der Waals surface area contributed by atoms with Gasteiger partial charge in [0.2, 0.25) is 0 Å². The molecule has 0 saturated carbocycles. The topological polar surface area (TPSA) is 13.0 Å². The van der Waals surface area contributed by atoms with Gasteiger partial charge in [-0.2, -0.15) is 0 Å². The highest BCUT2D eigenvalue weighted by molar-refractivity contribution is 5.85. The van der Waals surface area contributed by atoms with Crippen LogP contribution in [0, 0.1) is 55.4 Å². The van der Waals surface area contributed by atoms with E-state index in [1.54, 1.807) is 0 Å². The Morgan fingerprint density at radius 3 is 0.302 bits per heavy atom. The minimum absolute atomic E-state index is 1.13. The maximum absolute atomic E-state index is 2.31. The summed E-state index contributed by atoms with van der Waals surface area (Å²) < 4.78 is 0. The Hall–Kier alpha value is -14.3. The van der Waals surface area contributed by atoms with Gasteiger partial charge >= 0.3 is 0 Å². The molecule has 0 heterocycles. The molecule has 0 aliphatic carbocycles. The van der Waals surface area contributed by atoms with Crippen molar-refractivity contribution in [2.75, 3.05) is 19.6 Å². The molecule has 4 nitrogen and oxygen atoms in total. The third-order valence-corrected chi connectivity index (χ3v) is 21.1. The van der Waals surface area contributed by atoms with E-state index in [1.165, 1.54) is 89.0 Å². The third kappa shape index (κ3) is 19.8. The van der Waals surface area contributed by atoms with Crippen LogP contribution in [-0.4, -0.2) is 0 Å². The van der Waals surface area contributed by atoms with E-state index >= 15 is 0 Å². The van der Waals surface area contributed by atoms with Crippen molar-refractivity contribution < 1.29 is 0 Å². The number of hydrogen-bond acceptors (Lipinski definition) is 4. The molecule has 16 rings (SSSR count). The molecule has 0 bridgehead atoms. The normalized spacial score (nSPS) is 11.3. The maximum atomic E-state index is 2.31. The second-order valence-electron chi connectivity index (χ2n) is 30.2. The summed E-state index contributed by atoms with van der Waals surface area (Å²) in [4.78, 5) is 9.22. The highest BCUT2D eigenvalue weighted by atomic mass is 15.2. The number of aryl methyl sites for hydroxylation is 8. The molecule has 0 amide bonds. The van der Waals surface area contributed by atoms with Crippen LogP contribution in [0.25, 0.3) is 70.9 Å². The molecule has 116 heavy (non-hydrogen) atoms. The summed E-state index contributed by atoms with van der Waals surface area (Å²) in [6.45, 7) is 17.0. The van der Waals surface area contributed by atoms with Gasteiger partial charge in [0.05, 0.1) is 0 Å². The highest BCUT2D eigenvalue weighted by Gasteiger charge is 2.18. The van der Waals surface area contributed by atoms with Gasteiger partial charge in [-0.15, -0.1) is 0 Å². The van der Waals surface area contributed by atoms with Crippen molar-refractivity contribution in [3.63, 3.8) is 0 Å². The summed E-state index contributed by atoms with van der Waals surface area (Å²) in [5.41, 5.74) is 37.8. The Labute approximate surface area is 686 Å². The van der Waals surface area contributed by atoms with Gasteiger partial charge in [-0.3, -0.25) is 0 Å². The second kappa shape index (κ2) is 36.4. The molecule has 0 N–H and O–H groups in total. The van der Waals surface area contributed by atoms with Crippen LogP contribution >= 0.6 is 0 Å². The van der Waals surface area contributed by atoms with E-state index < -0.39 is 0 Å². The smallest absolute Gasteiger partial charge is 0.0462 e. The molecule has 16 aromatic rings. The molecule has 0 fully saturated rings. The monoisotopic (exact) mass is 1500 g/mol. The third-order valence-electron chi connectivity index (χ3n) is 21.1. The fraction of sp³-hybridized carbons (Fsp3) is 0.0714. The number of anilines is 12. The standard InChI is InChI=1S/2C56H48N2/c2*1-41-5-29-51(30-6-41)57(52-31-7-42(2)8-32-52)55-37-21-47(22-38-55)15-13-45-17-25-49(26-18-45)50-27-19-46(20-28-50)14-16-48-23-39-56(40-24-48)58(53-33-9-43(3)10-34-53)54-35-11-44(4)12-36-54/h2*5-40H,1-4H3/b2*15-13+,16-14+. The zero-order chi connectivity index (χ0) is 79.7. The van der Waals surface area contributed by atoms with Gasteiger partial charge in [0.15, 0.2) is 0 Å². The van der Waals surface area contributed by atoms with E-state index in [2.05, 4.69) is 512 Å². The number of benzene rings is 16. The Kier molecular flexibility index (Phi) is 24.2. The first kappa shape index (κ1) is 77.0. The molecule has 0 saturated heterocycles. The van der Waals surface area contributed by atoms with Crippen LogP contribution in [0.1, 0.15) is 89.0 Å². The van der Waals surface area contributed by atoms with E-state index in [1.807, 2.05) is 0 Å². The number of rotatable bonds is 22. The SMILES string of the molecule is Cc1ccc(N(c2ccc(C)cc2)c2ccc(/C=C/c3ccc(-c4ccc(/C=C/c5ccc(N(c6ccc(C)cc6)c6ccc(C)cc6)cc5)cc4)cc3)cc2)cc1.Cc1ccc(N(c2ccc(C)cc2)c2ccc(/C=C/c3ccc(-c4ccc(/C=C/c5ccc(N(c6ccc(C)cc6)c6ccc(C)cc6)cc5)cc4)cc3)cc2)cc1. The van der Waals surface area contributed by atoms with Crippen molar-refractivity contribution in [2.24, 2.45) is 0 Å². The van der Waals surface area contributed by atoms with E-state index in [9.17, 15) is 0 Å². The largest absolute Gasteiger partial charge is 0.311 e. The number of hydrogen-bond donors (Lipinski definition) is 0. The van der Waals surface area contributed by atoms with Gasteiger partial charge in [0, 0.05) is 68.2 Å². The second-order valence-corrected chi connectivity index (χ2v) is 30.2. The number of nitrogens with zero attached hydrogens (tertiary/aromatic N) is 4. The summed E-state index contributed by atoms with van der Waals surface area (Å²) >= 11 is 0. The zero-order valence-electron chi connectivity index (χ0n) is 67.4. The maximum Gasteiger partial charge on any atom is 0.0462 e. The molecule has 16 aromatic carbocycles. The van der Waals surface area contributed by atoms with Gasteiger partial charge in [-0.1, -0.05) is 336 Å². The summed E-state index contributed by atoms with van der Waals surface area (Å²) in [5.74, 6) is 0. The lowest BCUT2D eigenvalue weighted by Crippen LogP contribution is -2.09. The van der Waals surface area contributed by atoms with Gasteiger partial charge < -0.3 is 19.6 Å². The van der Waals surface area contributed by atoms with Crippen LogP contribution in [-0.2, 0) is 0 Å². The lowest BCUT2D eigenvalue weighted by atomic mass is 10.0. The lowest BCUT2D eigenvalue weighted by Gasteiger charge is -2.25. The van der Waals surface area contributed by atoms with Crippen LogP contribution in [0.5, 0.6) is 0 Å². The first-order valence-corrected chi connectivity index (χ1v) is 40.0. The van der Waals surface area contributed by atoms with Crippen molar-refractivity contribution in [1.82, 2.24) is 0 Å². The van der Waals surface area contributed by atoms with Crippen molar-refractivity contribution in [3.8, 4) is 22.3 Å². The van der Waals surface area contributed by atoms with Gasteiger partial charge in [-0.25, -0.2) is 0 Å². The quantitative estimate of drug-likeness (QED) is 0.0627. The summed E-state index contributed by atoms with van der Waals surface area (Å²) in [5, 5.41) is 0. The summed E-state index contributed by atoms with van der Waals surface area (Å²) in [6.07, 6.45) is 17.4. The molecule has 0 aliphatic rings. The van der Waals surface area contributed by atoms with Crippen molar-refractivity contribution in [2.45, 2.75) is 55.4 Å². The Balaban J connectivity index is 0.000000182. The average Bonchev–Trinajstić information content (AvgIpc) is 0.816. The summed E-state index contributed by atoms with van der Waals surface area (Å²) in [7, 11) is 0. The lowest BCUT2D eigenvalue weighted by molar-refractivity contribution is 1.27. The molecule has 0 aliphatic heterocycles. The van der Waals surface area contributed by atoms with E-state index in [-0.39, 0.29) is 0 Å². The predicted octanol–water partition coefficient (Wildman–Crippen LogP) is 31.7. The molecule has 0 atom stereocenters. The average molecular weight is 1500 g/mol. The Morgan fingerprint density at radius 1 is 0.112 bits per heavy atom. The fourth-order valence-corrected chi connectivity index (χ4v) is 14.2. The first-order valence-electron chi connectivity index (χ1n) is 40.0. The van der Waals surface area contributed by atoms with Gasteiger partial charge in [0.1, 0.15) is 0 Å². The Morgan fingerprint density at radius 2 is 0.198 bits per heavy atom. The highest BCUT2D eigenvalue weighted by Crippen LogP contribution is 2.41. The first-order chi connectivity index (χ1) is 56.7. The van der Waals surface area contributed by atoms with Gasteiger partial charge in [0.25, 0.3) is 0 Å². The van der Waals surface area contributed by atoms with Crippen molar-refractivity contribution in [3.05, 3.63) is 477 Å². The zero-order valence-corrected chi connectivity index (χ0v) is 67.4. The van der Waals surface area contributed by atoms with Gasteiger partial charge in [-0.05, 0) is 268 Å². The molecule has 0 radical (unpaired) electrons. The summed E-state index contributed by atoms with van der Waals surface area (Å²) in [6, 6.07) is 140. The Bertz CT molecular complexity index is 5050. The molecule has 0 spiro atoms. The van der Waals surface area contributed by atoms with Crippen LogP contribution in [0.15, 0.2) is 388 Å². The van der Waals surface area contributed by atoms with Crippen LogP contribution in [0.2, 0.25) is 0 Å². The molecule has 0 unspecified atom stereocenters. The molecular weight excluding hydrogens is 1400 g/mol. The molecule has 0 aromatic heterocycles. The van der Waals surface area contributed by atoms with E-state index in [0.29, 0.717) is 0 Å². The van der Waals surface area contributed by atoms with E-state index in [0.717, 1.165) is 90.5 Å². The molecular formula is C112H96N4. The van der Waals surface area contributed by atoms with Crippen LogP contribution < -0.4 is 19.6 Å². The predicted molar refractivity (Wildman–Crippen MR) is 502 cm³/mol. The van der Waals surface area contributed by atoms with Crippen molar-refractivity contribution in [1.29, 1.82) is 0 Å². The molecule has 564 valence electrons. The van der Waals surface area contributed by atoms with Crippen molar-refractivity contribution >= 4 is 117 Å². The minimum Gasteiger partial charge on any atom is -0.311 e. The fourth-order valence-electron chi connectivity index (χ4n) is 14.2. The molecule has 4 heteroatoms.